The van der Waals surface area contributed by atoms with E-state index in [4.69, 9.17) is 0 Å². The highest BCUT2D eigenvalue weighted by Crippen LogP contribution is 2.30. The van der Waals surface area contributed by atoms with Crippen LogP contribution >= 0.6 is 0 Å². The lowest BCUT2D eigenvalue weighted by Gasteiger charge is -2.14. The molecule has 0 saturated heterocycles. The van der Waals surface area contributed by atoms with Gasteiger partial charge in [-0.05, 0) is 55.0 Å². The number of rotatable bonds is 3. The second-order valence-electron chi connectivity index (χ2n) is 6.35. The predicted octanol–water partition coefficient (Wildman–Crippen LogP) is 4.95. The van der Waals surface area contributed by atoms with Gasteiger partial charge in [-0.15, -0.1) is 0 Å². The zero-order valence-corrected chi connectivity index (χ0v) is 13.6. The van der Waals surface area contributed by atoms with Gasteiger partial charge >= 0.3 is 0 Å². The number of hydrogen-bond acceptors (Lipinski definition) is 1. The second-order valence-corrected chi connectivity index (χ2v) is 6.35. The third-order valence-electron chi connectivity index (χ3n) is 4.69. The molecule has 1 aliphatic rings. The lowest BCUT2D eigenvalue weighted by Crippen LogP contribution is -2.12. The molecule has 0 amide bonds. The molecule has 3 aromatic rings. The van der Waals surface area contributed by atoms with Crippen LogP contribution in [0.15, 0.2) is 41.4 Å². The Hall–Kier alpha value is -2.56. The lowest BCUT2D eigenvalue weighted by molar-refractivity contribution is 0.511. The number of aliphatic imine (C=N–C) groups is 1. The van der Waals surface area contributed by atoms with Crippen molar-refractivity contribution >= 4 is 16.6 Å². The zero-order valence-electron chi connectivity index (χ0n) is 13.6. The minimum atomic E-state index is -0.846. The predicted molar refractivity (Wildman–Crippen MR) is 92.7 cm³/mol. The molecule has 1 aliphatic carbocycles. The normalized spacial score (nSPS) is 15.7. The van der Waals surface area contributed by atoms with Gasteiger partial charge in [-0.1, -0.05) is 12.1 Å². The molecule has 1 aromatic heterocycles. The molecule has 128 valence electrons. The van der Waals surface area contributed by atoms with Gasteiger partial charge in [0.15, 0.2) is 11.6 Å². The first-order chi connectivity index (χ1) is 12.1. The molecule has 4 rings (SSSR count). The van der Waals surface area contributed by atoms with Crippen molar-refractivity contribution in [1.82, 2.24) is 4.98 Å². The largest absolute Gasteiger partial charge is 0.353 e. The average molecular weight is 342 g/mol. The van der Waals surface area contributed by atoms with Crippen LogP contribution < -0.4 is 0 Å². The molecule has 0 bridgehead atoms. The summed E-state index contributed by atoms with van der Waals surface area (Å²) in [6.07, 6.45) is 3.34. The molecule has 25 heavy (non-hydrogen) atoms. The van der Waals surface area contributed by atoms with Gasteiger partial charge in [0.25, 0.3) is 0 Å². The van der Waals surface area contributed by atoms with Crippen LogP contribution in [0, 0.1) is 17.5 Å². The summed E-state index contributed by atoms with van der Waals surface area (Å²) >= 11 is 0. The monoisotopic (exact) mass is 342 g/mol. The number of fused-ring (bicyclic) bond motifs is 3. The minimum Gasteiger partial charge on any atom is -0.353 e. The van der Waals surface area contributed by atoms with Crippen molar-refractivity contribution in [3.8, 4) is 0 Å². The van der Waals surface area contributed by atoms with E-state index in [0.717, 1.165) is 53.6 Å². The quantitative estimate of drug-likeness (QED) is 0.697. The maximum atomic E-state index is 13.6. The minimum absolute atomic E-state index is 0.246. The standard InChI is InChI=1S/C20H17F3N2/c21-13-6-4-12(5-7-13)8-9-24-18-3-1-2-14-15-10-16(22)17(23)11-19(15)25-20(14)18/h4-7,10-11,25H,1-3,8-9H2. The van der Waals surface area contributed by atoms with Crippen molar-refractivity contribution in [2.75, 3.05) is 6.54 Å². The Morgan fingerprint density at radius 3 is 2.52 bits per heavy atom. The van der Waals surface area contributed by atoms with Gasteiger partial charge < -0.3 is 4.98 Å². The van der Waals surface area contributed by atoms with E-state index in [1.807, 2.05) is 0 Å². The number of aryl methyl sites for hydroxylation is 1. The number of halogens is 3. The number of aromatic nitrogens is 1. The summed E-state index contributed by atoms with van der Waals surface area (Å²) in [5.74, 6) is -1.92. The maximum Gasteiger partial charge on any atom is 0.160 e. The Labute approximate surface area is 143 Å². The molecule has 1 N–H and O–H groups in total. The third-order valence-corrected chi connectivity index (χ3v) is 4.69. The lowest BCUT2D eigenvalue weighted by atomic mass is 9.94. The van der Waals surface area contributed by atoms with Crippen LogP contribution in [0.5, 0.6) is 0 Å². The van der Waals surface area contributed by atoms with Crippen molar-refractivity contribution < 1.29 is 13.2 Å². The van der Waals surface area contributed by atoms with E-state index in [2.05, 4.69) is 9.98 Å². The van der Waals surface area contributed by atoms with E-state index in [1.165, 1.54) is 24.3 Å². The van der Waals surface area contributed by atoms with Gasteiger partial charge in [-0.2, -0.15) is 0 Å². The van der Waals surface area contributed by atoms with Gasteiger partial charge in [0.2, 0.25) is 0 Å². The summed E-state index contributed by atoms with van der Waals surface area (Å²) in [4.78, 5) is 7.89. The molecule has 2 aromatic carbocycles. The molecular weight excluding hydrogens is 325 g/mol. The first kappa shape index (κ1) is 15.9. The van der Waals surface area contributed by atoms with Gasteiger partial charge in [0.05, 0.1) is 11.4 Å². The smallest absolute Gasteiger partial charge is 0.160 e. The molecule has 0 fully saturated rings. The van der Waals surface area contributed by atoms with Crippen molar-refractivity contribution in [2.45, 2.75) is 25.7 Å². The third kappa shape index (κ3) is 3.06. The Kier molecular flexibility index (Phi) is 4.07. The molecule has 0 radical (unpaired) electrons. The van der Waals surface area contributed by atoms with Crippen LogP contribution in [0.3, 0.4) is 0 Å². The number of hydrogen-bond donors (Lipinski definition) is 1. The molecule has 0 saturated carbocycles. The van der Waals surface area contributed by atoms with Gasteiger partial charge in [-0.3, -0.25) is 4.99 Å². The van der Waals surface area contributed by atoms with Crippen molar-refractivity contribution in [1.29, 1.82) is 0 Å². The van der Waals surface area contributed by atoms with Crippen molar-refractivity contribution in [2.24, 2.45) is 4.99 Å². The maximum absolute atomic E-state index is 13.6. The fraction of sp³-hybridized carbons (Fsp3) is 0.250. The fourth-order valence-corrected chi connectivity index (χ4v) is 3.44. The number of nitrogens with zero attached hydrogens (tertiary/aromatic N) is 1. The highest BCUT2D eigenvalue weighted by Gasteiger charge is 2.21. The molecule has 1 heterocycles. The summed E-state index contributed by atoms with van der Waals surface area (Å²) in [6.45, 7) is 0.596. The van der Waals surface area contributed by atoms with Crippen LogP contribution in [0.25, 0.3) is 10.9 Å². The van der Waals surface area contributed by atoms with E-state index >= 15 is 0 Å². The first-order valence-electron chi connectivity index (χ1n) is 8.39. The van der Waals surface area contributed by atoms with Crippen molar-refractivity contribution in [3.63, 3.8) is 0 Å². The van der Waals surface area contributed by atoms with Crippen LogP contribution in [-0.2, 0) is 12.8 Å². The summed E-state index contributed by atoms with van der Waals surface area (Å²) in [5, 5.41) is 0.736. The molecular formula is C20H17F3N2. The Morgan fingerprint density at radius 1 is 0.960 bits per heavy atom. The topological polar surface area (TPSA) is 28.1 Å². The average Bonchev–Trinajstić information content (AvgIpc) is 2.95. The first-order valence-corrected chi connectivity index (χ1v) is 8.39. The Morgan fingerprint density at radius 2 is 1.72 bits per heavy atom. The Balaban J connectivity index is 1.61. The van der Waals surface area contributed by atoms with E-state index in [9.17, 15) is 13.2 Å². The zero-order chi connectivity index (χ0) is 17.4. The number of H-pyrrole nitrogens is 1. The van der Waals surface area contributed by atoms with Crippen molar-refractivity contribution in [3.05, 3.63) is 70.7 Å². The molecule has 2 nitrogen and oxygen atoms in total. The summed E-state index contributed by atoms with van der Waals surface area (Å²) < 4.78 is 40.0. The SMILES string of the molecule is Fc1ccc(CCN=C2CCCc3c2[nH]c2cc(F)c(F)cc32)cc1. The molecule has 0 unspecified atom stereocenters. The van der Waals surface area contributed by atoms with Gasteiger partial charge in [0.1, 0.15) is 5.82 Å². The second kappa shape index (κ2) is 6.39. The highest BCUT2D eigenvalue weighted by atomic mass is 19.2. The number of benzene rings is 2. The summed E-state index contributed by atoms with van der Waals surface area (Å²) in [7, 11) is 0. The Bertz CT molecular complexity index is 955. The summed E-state index contributed by atoms with van der Waals surface area (Å²) in [5.41, 5.74) is 4.49. The van der Waals surface area contributed by atoms with E-state index < -0.39 is 11.6 Å². The van der Waals surface area contributed by atoms with Crippen LogP contribution in [0.1, 0.15) is 29.7 Å². The van der Waals surface area contributed by atoms with E-state index in [0.29, 0.717) is 12.1 Å². The van der Waals surface area contributed by atoms with Gasteiger partial charge in [0, 0.05) is 23.5 Å². The number of nitrogens with one attached hydrogen (secondary N) is 1. The van der Waals surface area contributed by atoms with Crippen LogP contribution in [-0.4, -0.2) is 17.2 Å². The van der Waals surface area contributed by atoms with E-state index in [-0.39, 0.29) is 5.82 Å². The summed E-state index contributed by atoms with van der Waals surface area (Å²) in [6, 6.07) is 8.89. The molecule has 0 aliphatic heterocycles. The molecule has 5 heteroatoms. The van der Waals surface area contributed by atoms with Crippen LogP contribution in [0.4, 0.5) is 13.2 Å². The van der Waals surface area contributed by atoms with E-state index in [1.54, 1.807) is 12.1 Å². The highest BCUT2D eigenvalue weighted by molar-refractivity contribution is 6.06. The molecule has 0 spiro atoms. The number of aromatic amines is 1. The van der Waals surface area contributed by atoms with Gasteiger partial charge in [-0.25, -0.2) is 13.2 Å². The fourth-order valence-electron chi connectivity index (χ4n) is 3.44. The molecule has 0 atom stereocenters. The van der Waals surface area contributed by atoms with Crippen LogP contribution in [0.2, 0.25) is 0 Å².